The molecule has 7 heteroatoms. The molecule has 1 aliphatic heterocycles. The molecule has 1 fully saturated rings. The summed E-state index contributed by atoms with van der Waals surface area (Å²) >= 11 is 0. The molecule has 150 valence electrons. The zero-order valence-electron chi connectivity index (χ0n) is 16.3. The van der Waals surface area contributed by atoms with Gasteiger partial charge in [0, 0.05) is 17.0 Å². The molecule has 1 saturated heterocycles. The van der Waals surface area contributed by atoms with Crippen LogP contribution in [0.3, 0.4) is 0 Å². The Balaban J connectivity index is 1.48. The maximum atomic E-state index is 12.5. The fourth-order valence-corrected chi connectivity index (χ4v) is 3.96. The Bertz CT molecular complexity index is 1090. The standard InChI is InChI=1S/C22H21NO6/c1-12-7-17-14(9-19(24)29-18(17)8-13(12)2)11-28-20(25)10-23-21(26)15-5-3-4-6-16(15)22(23)27/h3-4,7-9,15-16H,5-6,10-11H2,1-2H3/t15-,16+. The molecule has 1 aromatic carbocycles. The van der Waals surface area contributed by atoms with Crippen molar-refractivity contribution in [1.82, 2.24) is 4.90 Å². The number of carbonyl (C=O) groups excluding carboxylic acids is 3. The molecule has 0 spiro atoms. The van der Waals surface area contributed by atoms with Crippen LogP contribution in [-0.4, -0.2) is 29.2 Å². The molecule has 2 atom stereocenters. The number of rotatable bonds is 4. The molecular formula is C22H21NO6. The number of hydrogen-bond acceptors (Lipinski definition) is 6. The normalized spacial score (nSPS) is 21.0. The fraction of sp³-hybridized carbons (Fsp3) is 0.364. The van der Waals surface area contributed by atoms with Crippen LogP contribution in [0.4, 0.5) is 0 Å². The highest BCUT2D eigenvalue weighted by molar-refractivity contribution is 6.07. The number of allylic oxidation sites excluding steroid dienone is 2. The predicted molar refractivity (Wildman–Crippen MR) is 104 cm³/mol. The minimum Gasteiger partial charge on any atom is -0.459 e. The quantitative estimate of drug-likeness (QED) is 0.342. The van der Waals surface area contributed by atoms with Crippen molar-refractivity contribution in [2.24, 2.45) is 11.8 Å². The Morgan fingerprint density at radius 1 is 1.03 bits per heavy atom. The summed E-state index contributed by atoms with van der Waals surface area (Å²) in [5, 5.41) is 0.686. The lowest BCUT2D eigenvalue weighted by Crippen LogP contribution is -2.36. The van der Waals surface area contributed by atoms with E-state index in [4.69, 9.17) is 9.15 Å². The third-order valence-electron chi connectivity index (χ3n) is 5.72. The van der Waals surface area contributed by atoms with E-state index in [2.05, 4.69) is 0 Å². The van der Waals surface area contributed by atoms with Crippen molar-refractivity contribution >= 4 is 28.8 Å². The highest BCUT2D eigenvalue weighted by Gasteiger charge is 2.47. The number of amides is 2. The van der Waals surface area contributed by atoms with E-state index in [9.17, 15) is 19.2 Å². The van der Waals surface area contributed by atoms with Crippen LogP contribution in [0.2, 0.25) is 0 Å². The Hall–Kier alpha value is -3.22. The summed E-state index contributed by atoms with van der Waals surface area (Å²) in [4.78, 5) is 50.1. The van der Waals surface area contributed by atoms with Gasteiger partial charge in [-0.25, -0.2) is 4.79 Å². The summed E-state index contributed by atoms with van der Waals surface area (Å²) in [6.45, 7) is 3.30. The van der Waals surface area contributed by atoms with Crippen molar-refractivity contribution in [3.8, 4) is 0 Å². The Morgan fingerprint density at radius 3 is 2.31 bits per heavy atom. The number of fused-ring (bicyclic) bond motifs is 2. The van der Waals surface area contributed by atoms with E-state index in [1.165, 1.54) is 6.07 Å². The predicted octanol–water partition coefficient (Wildman–Crippen LogP) is 2.40. The zero-order valence-corrected chi connectivity index (χ0v) is 16.3. The van der Waals surface area contributed by atoms with Gasteiger partial charge in [-0.2, -0.15) is 0 Å². The monoisotopic (exact) mass is 395 g/mol. The van der Waals surface area contributed by atoms with Gasteiger partial charge in [-0.05, 0) is 49.9 Å². The summed E-state index contributed by atoms with van der Waals surface area (Å²) < 4.78 is 10.5. The van der Waals surface area contributed by atoms with Crippen LogP contribution in [0.15, 0.2) is 39.6 Å². The third-order valence-corrected chi connectivity index (χ3v) is 5.72. The zero-order chi connectivity index (χ0) is 20.7. The Morgan fingerprint density at radius 2 is 1.66 bits per heavy atom. The number of ether oxygens (including phenoxy) is 1. The van der Waals surface area contributed by atoms with Crippen molar-refractivity contribution in [1.29, 1.82) is 0 Å². The van der Waals surface area contributed by atoms with Crippen LogP contribution in [0.1, 0.15) is 29.5 Å². The van der Waals surface area contributed by atoms with E-state index < -0.39 is 18.1 Å². The largest absolute Gasteiger partial charge is 0.459 e. The number of nitrogens with zero attached hydrogens (tertiary/aromatic N) is 1. The number of imide groups is 1. The maximum absolute atomic E-state index is 12.5. The first kappa shape index (κ1) is 19.1. The summed E-state index contributed by atoms with van der Waals surface area (Å²) in [5.74, 6) is -2.09. The minimum absolute atomic E-state index is 0.145. The first-order valence-electron chi connectivity index (χ1n) is 9.55. The molecular weight excluding hydrogens is 374 g/mol. The number of likely N-dealkylation sites (tertiary alicyclic amines) is 1. The van der Waals surface area contributed by atoms with E-state index in [1.54, 1.807) is 6.07 Å². The molecule has 0 unspecified atom stereocenters. The number of benzene rings is 1. The van der Waals surface area contributed by atoms with Crippen molar-refractivity contribution in [2.75, 3.05) is 6.54 Å². The lowest BCUT2D eigenvalue weighted by atomic mass is 9.85. The molecule has 2 aromatic rings. The molecule has 0 saturated carbocycles. The second-order valence-corrected chi connectivity index (χ2v) is 7.60. The molecule has 29 heavy (non-hydrogen) atoms. The van der Waals surface area contributed by atoms with Gasteiger partial charge < -0.3 is 9.15 Å². The fourth-order valence-electron chi connectivity index (χ4n) is 3.96. The maximum Gasteiger partial charge on any atom is 0.336 e. The van der Waals surface area contributed by atoms with E-state index in [0.29, 0.717) is 29.4 Å². The average molecular weight is 395 g/mol. The Labute approximate surface area is 166 Å². The van der Waals surface area contributed by atoms with Gasteiger partial charge in [-0.1, -0.05) is 12.2 Å². The van der Waals surface area contributed by atoms with Crippen LogP contribution < -0.4 is 5.63 Å². The lowest BCUT2D eigenvalue weighted by molar-refractivity contribution is -0.153. The van der Waals surface area contributed by atoms with Crippen LogP contribution in [0.25, 0.3) is 11.0 Å². The van der Waals surface area contributed by atoms with E-state index in [-0.39, 0.29) is 30.3 Å². The molecule has 0 radical (unpaired) electrons. The second kappa shape index (κ2) is 7.31. The first-order chi connectivity index (χ1) is 13.8. The molecule has 4 rings (SSSR count). The SMILES string of the molecule is Cc1cc2oc(=O)cc(COC(=O)CN3C(=O)[C@H]4CC=CC[C@H]4C3=O)c2cc1C. The second-order valence-electron chi connectivity index (χ2n) is 7.60. The van der Waals surface area contributed by atoms with E-state index >= 15 is 0 Å². The van der Waals surface area contributed by atoms with Gasteiger partial charge in [-0.15, -0.1) is 0 Å². The number of carbonyl (C=O) groups is 3. The number of esters is 1. The number of aryl methyl sites for hydroxylation is 2. The topological polar surface area (TPSA) is 93.9 Å². The average Bonchev–Trinajstić information content (AvgIpc) is 2.93. The molecule has 7 nitrogen and oxygen atoms in total. The van der Waals surface area contributed by atoms with Gasteiger partial charge in [0.25, 0.3) is 0 Å². The lowest BCUT2D eigenvalue weighted by Gasteiger charge is -2.14. The van der Waals surface area contributed by atoms with Gasteiger partial charge in [-0.3, -0.25) is 19.3 Å². The van der Waals surface area contributed by atoms with Crippen LogP contribution in [0.5, 0.6) is 0 Å². The van der Waals surface area contributed by atoms with Crippen molar-refractivity contribution in [3.05, 3.63) is 57.5 Å². The van der Waals surface area contributed by atoms with Gasteiger partial charge in [0.2, 0.25) is 11.8 Å². The van der Waals surface area contributed by atoms with Crippen LogP contribution >= 0.6 is 0 Å². The van der Waals surface area contributed by atoms with Crippen molar-refractivity contribution in [3.63, 3.8) is 0 Å². The van der Waals surface area contributed by atoms with Crippen molar-refractivity contribution < 1.29 is 23.5 Å². The van der Waals surface area contributed by atoms with Gasteiger partial charge in [0.05, 0.1) is 11.8 Å². The van der Waals surface area contributed by atoms with Crippen LogP contribution in [0, 0.1) is 25.7 Å². The molecule has 2 heterocycles. The van der Waals surface area contributed by atoms with Crippen molar-refractivity contribution in [2.45, 2.75) is 33.3 Å². The van der Waals surface area contributed by atoms with Gasteiger partial charge >= 0.3 is 11.6 Å². The smallest absolute Gasteiger partial charge is 0.336 e. The molecule has 2 aliphatic rings. The molecule has 1 aliphatic carbocycles. The summed E-state index contributed by atoms with van der Waals surface area (Å²) in [6.07, 6.45) is 4.82. The van der Waals surface area contributed by atoms with Gasteiger partial charge in [0.1, 0.15) is 18.7 Å². The first-order valence-corrected chi connectivity index (χ1v) is 9.55. The molecule has 2 amide bonds. The summed E-state index contributed by atoms with van der Waals surface area (Å²) in [7, 11) is 0. The summed E-state index contributed by atoms with van der Waals surface area (Å²) in [5.41, 5.74) is 2.41. The molecule has 0 N–H and O–H groups in total. The van der Waals surface area contributed by atoms with E-state index in [0.717, 1.165) is 16.0 Å². The highest BCUT2D eigenvalue weighted by Crippen LogP contribution is 2.34. The minimum atomic E-state index is -0.691. The third kappa shape index (κ3) is 3.48. The summed E-state index contributed by atoms with van der Waals surface area (Å²) in [6, 6.07) is 4.94. The highest BCUT2D eigenvalue weighted by atomic mass is 16.5. The Kier molecular flexibility index (Phi) is 4.82. The number of hydrogen-bond donors (Lipinski definition) is 0. The molecule has 1 aromatic heterocycles. The van der Waals surface area contributed by atoms with E-state index in [1.807, 2.05) is 32.1 Å². The van der Waals surface area contributed by atoms with Gasteiger partial charge in [0.15, 0.2) is 0 Å². The van der Waals surface area contributed by atoms with Crippen LogP contribution in [-0.2, 0) is 25.7 Å². The molecule has 0 bridgehead atoms.